The second kappa shape index (κ2) is 6.38. The second-order valence-electron chi connectivity index (χ2n) is 5.67. The number of carbonyl (C=O) groups is 1. The lowest BCUT2D eigenvalue weighted by Crippen LogP contribution is -2.50. The zero-order valence-corrected chi connectivity index (χ0v) is 12.1. The SMILES string of the molecule is CCC(C)(O)CNC1CCN(C(=O)N(C)C)CC1. The smallest absolute Gasteiger partial charge is 0.319 e. The first-order valence-corrected chi connectivity index (χ1v) is 6.77. The lowest BCUT2D eigenvalue weighted by molar-refractivity contribution is 0.0497. The topological polar surface area (TPSA) is 55.8 Å². The molecule has 0 aromatic heterocycles. The fraction of sp³-hybridized carbons (Fsp3) is 0.923. The maximum atomic E-state index is 11.8. The highest BCUT2D eigenvalue weighted by Crippen LogP contribution is 2.13. The number of amides is 2. The van der Waals surface area contributed by atoms with Crippen LogP contribution in [0.4, 0.5) is 4.79 Å². The largest absolute Gasteiger partial charge is 0.389 e. The Labute approximate surface area is 110 Å². The van der Waals surface area contributed by atoms with Crippen LogP contribution in [-0.4, -0.2) is 66.3 Å². The molecule has 1 fully saturated rings. The molecular formula is C13H27N3O2. The summed E-state index contributed by atoms with van der Waals surface area (Å²) >= 11 is 0. The quantitative estimate of drug-likeness (QED) is 0.786. The third-order valence-corrected chi connectivity index (χ3v) is 3.68. The molecule has 0 spiro atoms. The lowest BCUT2D eigenvalue weighted by atomic mass is 10.0. The van der Waals surface area contributed by atoms with Gasteiger partial charge in [0.05, 0.1) is 5.60 Å². The van der Waals surface area contributed by atoms with Crippen molar-refractivity contribution in [3.05, 3.63) is 0 Å². The number of carbonyl (C=O) groups excluding carboxylic acids is 1. The average Bonchev–Trinajstić information content (AvgIpc) is 2.36. The van der Waals surface area contributed by atoms with E-state index in [2.05, 4.69) is 5.32 Å². The van der Waals surface area contributed by atoms with E-state index in [0.29, 0.717) is 12.6 Å². The molecule has 1 aliphatic rings. The zero-order chi connectivity index (χ0) is 13.8. The first kappa shape index (κ1) is 15.2. The Kier molecular flexibility index (Phi) is 5.41. The third-order valence-electron chi connectivity index (χ3n) is 3.68. The van der Waals surface area contributed by atoms with Crippen LogP contribution in [0.2, 0.25) is 0 Å². The van der Waals surface area contributed by atoms with Crippen LogP contribution in [0.3, 0.4) is 0 Å². The Balaban J connectivity index is 2.30. The van der Waals surface area contributed by atoms with Gasteiger partial charge in [0.25, 0.3) is 0 Å². The molecule has 0 radical (unpaired) electrons. The van der Waals surface area contributed by atoms with E-state index in [1.807, 2.05) is 18.7 Å². The number of nitrogens with zero attached hydrogens (tertiary/aromatic N) is 2. The summed E-state index contributed by atoms with van der Waals surface area (Å²) in [6, 6.07) is 0.503. The zero-order valence-electron chi connectivity index (χ0n) is 12.1. The van der Waals surface area contributed by atoms with Crippen molar-refractivity contribution in [2.75, 3.05) is 33.7 Å². The van der Waals surface area contributed by atoms with E-state index in [4.69, 9.17) is 0 Å². The van der Waals surface area contributed by atoms with Crippen LogP contribution in [0.1, 0.15) is 33.1 Å². The predicted octanol–water partition coefficient (Wildman–Crippen LogP) is 0.883. The molecule has 106 valence electrons. The fourth-order valence-corrected chi connectivity index (χ4v) is 2.05. The van der Waals surface area contributed by atoms with Gasteiger partial charge in [0.15, 0.2) is 0 Å². The van der Waals surface area contributed by atoms with E-state index in [1.54, 1.807) is 19.0 Å². The predicted molar refractivity (Wildman–Crippen MR) is 72.6 cm³/mol. The van der Waals surface area contributed by atoms with Crippen molar-refractivity contribution in [3.63, 3.8) is 0 Å². The number of hydrogen-bond acceptors (Lipinski definition) is 3. The van der Waals surface area contributed by atoms with Crippen molar-refractivity contribution in [1.82, 2.24) is 15.1 Å². The van der Waals surface area contributed by atoms with E-state index in [-0.39, 0.29) is 6.03 Å². The third kappa shape index (κ3) is 4.46. The molecule has 2 N–H and O–H groups in total. The monoisotopic (exact) mass is 257 g/mol. The van der Waals surface area contributed by atoms with Crippen LogP contribution in [0, 0.1) is 0 Å². The molecule has 1 atom stereocenters. The molecule has 5 nitrogen and oxygen atoms in total. The minimum atomic E-state index is -0.628. The fourth-order valence-electron chi connectivity index (χ4n) is 2.05. The van der Waals surface area contributed by atoms with E-state index in [9.17, 15) is 9.90 Å². The maximum absolute atomic E-state index is 11.8. The number of rotatable bonds is 4. The number of aliphatic hydroxyl groups is 1. The standard InChI is InChI=1S/C13H27N3O2/c1-5-13(2,18)10-14-11-6-8-16(9-7-11)12(17)15(3)4/h11,14,18H,5-10H2,1-4H3. The van der Waals surface area contributed by atoms with Crippen molar-refractivity contribution >= 4 is 6.03 Å². The number of urea groups is 1. The Bertz CT molecular complexity index is 271. The van der Waals surface area contributed by atoms with Gasteiger partial charge in [0.2, 0.25) is 0 Å². The van der Waals surface area contributed by atoms with Gasteiger partial charge in [-0.2, -0.15) is 0 Å². The Morgan fingerprint density at radius 3 is 2.44 bits per heavy atom. The number of likely N-dealkylation sites (tertiary alicyclic amines) is 1. The van der Waals surface area contributed by atoms with Crippen LogP contribution in [0.15, 0.2) is 0 Å². The van der Waals surface area contributed by atoms with Crippen molar-refractivity contribution in [3.8, 4) is 0 Å². The molecule has 5 heteroatoms. The van der Waals surface area contributed by atoms with E-state index in [0.717, 1.165) is 32.4 Å². The number of nitrogens with one attached hydrogen (secondary N) is 1. The van der Waals surface area contributed by atoms with Gasteiger partial charge in [-0.25, -0.2) is 4.79 Å². The molecule has 1 aliphatic heterocycles. The molecule has 18 heavy (non-hydrogen) atoms. The molecular weight excluding hydrogens is 230 g/mol. The summed E-state index contributed by atoms with van der Waals surface area (Å²) in [6.07, 6.45) is 2.66. The van der Waals surface area contributed by atoms with Gasteiger partial charge >= 0.3 is 6.03 Å². The normalized spacial score (nSPS) is 20.6. The highest BCUT2D eigenvalue weighted by atomic mass is 16.3. The molecule has 0 aromatic carbocycles. The summed E-state index contributed by atoms with van der Waals surface area (Å²) < 4.78 is 0. The number of hydrogen-bond donors (Lipinski definition) is 2. The Morgan fingerprint density at radius 1 is 1.44 bits per heavy atom. The van der Waals surface area contributed by atoms with Crippen molar-refractivity contribution in [1.29, 1.82) is 0 Å². The maximum Gasteiger partial charge on any atom is 0.319 e. The van der Waals surface area contributed by atoms with Gasteiger partial charge < -0.3 is 20.2 Å². The minimum absolute atomic E-state index is 0.0917. The highest BCUT2D eigenvalue weighted by molar-refractivity contribution is 5.73. The Morgan fingerprint density at radius 2 is 2.00 bits per heavy atom. The van der Waals surface area contributed by atoms with Gasteiger partial charge in [-0.1, -0.05) is 6.92 Å². The van der Waals surface area contributed by atoms with Crippen LogP contribution in [0.25, 0.3) is 0 Å². The molecule has 0 bridgehead atoms. The Hall–Kier alpha value is -0.810. The average molecular weight is 257 g/mol. The summed E-state index contributed by atoms with van der Waals surface area (Å²) in [5.41, 5.74) is -0.628. The minimum Gasteiger partial charge on any atom is -0.389 e. The molecule has 2 amide bonds. The molecule has 1 unspecified atom stereocenters. The van der Waals surface area contributed by atoms with Gasteiger partial charge in [-0.3, -0.25) is 0 Å². The molecule has 1 rings (SSSR count). The van der Waals surface area contributed by atoms with Crippen molar-refractivity contribution < 1.29 is 9.90 Å². The van der Waals surface area contributed by atoms with Gasteiger partial charge in [0.1, 0.15) is 0 Å². The van der Waals surface area contributed by atoms with Gasteiger partial charge in [-0.15, -0.1) is 0 Å². The van der Waals surface area contributed by atoms with Crippen LogP contribution >= 0.6 is 0 Å². The van der Waals surface area contributed by atoms with E-state index >= 15 is 0 Å². The molecule has 1 heterocycles. The summed E-state index contributed by atoms with van der Waals surface area (Å²) in [7, 11) is 3.57. The van der Waals surface area contributed by atoms with Crippen LogP contribution < -0.4 is 5.32 Å². The second-order valence-corrected chi connectivity index (χ2v) is 5.67. The first-order valence-electron chi connectivity index (χ1n) is 6.77. The van der Waals surface area contributed by atoms with Crippen LogP contribution in [0.5, 0.6) is 0 Å². The first-order chi connectivity index (χ1) is 8.35. The molecule has 1 saturated heterocycles. The van der Waals surface area contributed by atoms with Gasteiger partial charge in [0, 0.05) is 39.8 Å². The lowest BCUT2D eigenvalue weighted by Gasteiger charge is -2.35. The van der Waals surface area contributed by atoms with E-state index < -0.39 is 5.60 Å². The molecule has 0 aromatic rings. The molecule has 0 aliphatic carbocycles. The summed E-state index contributed by atoms with van der Waals surface area (Å²) in [4.78, 5) is 15.3. The number of piperidine rings is 1. The van der Waals surface area contributed by atoms with Crippen molar-refractivity contribution in [2.45, 2.75) is 44.8 Å². The summed E-state index contributed by atoms with van der Waals surface area (Å²) in [5, 5.41) is 13.3. The highest BCUT2D eigenvalue weighted by Gasteiger charge is 2.25. The molecule has 0 saturated carbocycles. The van der Waals surface area contributed by atoms with Gasteiger partial charge in [-0.05, 0) is 26.2 Å². The van der Waals surface area contributed by atoms with E-state index in [1.165, 1.54) is 0 Å². The van der Waals surface area contributed by atoms with Crippen molar-refractivity contribution in [2.24, 2.45) is 0 Å². The summed E-state index contributed by atoms with van der Waals surface area (Å²) in [5.74, 6) is 0. The summed E-state index contributed by atoms with van der Waals surface area (Å²) in [6.45, 7) is 6.05. The van der Waals surface area contributed by atoms with Crippen LogP contribution in [-0.2, 0) is 0 Å².